The lowest BCUT2D eigenvalue weighted by Crippen LogP contribution is -2.69. The maximum absolute atomic E-state index is 13.2. The molecule has 0 aliphatic carbocycles. The number of methoxy groups -OCH3 is 2. The molecule has 3 rings (SSSR count). The van der Waals surface area contributed by atoms with E-state index in [0.717, 1.165) is 5.57 Å². The molecule has 0 bridgehead atoms. The van der Waals surface area contributed by atoms with Crippen LogP contribution in [0.5, 0.6) is 0 Å². The Kier molecular flexibility index (Phi) is 8.99. The van der Waals surface area contributed by atoms with Crippen molar-refractivity contribution in [2.75, 3.05) is 27.6 Å². The molecule has 35 heavy (non-hydrogen) atoms. The number of rotatable bonds is 8. The minimum Gasteiger partial charge on any atom is -0.394 e. The number of hydrogen-bond donors (Lipinski definition) is 4. The fourth-order valence-corrected chi connectivity index (χ4v) is 5.26. The molecule has 1 unspecified atom stereocenters. The Morgan fingerprint density at radius 1 is 1.23 bits per heavy atom. The van der Waals surface area contributed by atoms with Gasteiger partial charge in [0, 0.05) is 38.4 Å². The van der Waals surface area contributed by atoms with Crippen LogP contribution >= 0.6 is 0 Å². The zero-order valence-electron chi connectivity index (χ0n) is 21.4. The van der Waals surface area contributed by atoms with Crippen molar-refractivity contribution in [3.63, 3.8) is 0 Å². The van der Waals surface area contributed by atoms with Gasteiger partial charge in [-0.05, 0) is 6.92 Å². The van der Waals surface area contributed by atoms with E-state index in [1.165, 1.54) is 7.11 Å². The van der Waals surface area contributed by atoms with Crippen molar-refractivity contribution < 1.29 is 48.5 Å². The van der Waals surface area contributed by atoms with Crippen molar-refractivity contribution in [3.8, 4) is 0 Å². The molecular formula is C24H41NO10. The highest BCUT2D eigenvalue weighted by molar-refractivity contribution is 5.82. The van der Waals surface area contributed by atoms with E-state index in [0.29, 0.717) is 0 Å². The van der Waals surface area contributed by atoms with Gasteiger partial charge in [-0.15, -0.1) is 0 Å². The van der Waals surface area contributed by atoms with Crippen LogP contribution in [0.1, 0.15) is 40.5 Å². The number of aliphatic hydroxyl groups excluding tert-OH is 3. The summed E-state index contributed by atoms with van der Waals surface area (Å²) in [6, 6.07) is 0. The number of ether oxygens (including phenoxy) is 6. The third-order valence-electron chi connectivity index (χ3n) is 7.77. The molecular weight excluding hydrogens is 462 g/mol. The van der Waals surface area contributed by atoms with Crippen LogP contribution in [0, 0.1) is 11.3 Å². The van der Waals surface area contributed by atoms with E-state index >= 15 is 0 Å². The Hall–Kier alpha value is -1.15. The number of fused-ring (bicyclic) bond motifs is 1. The Morgan fingerprint density at radius 2 is 1.91 bits per heavy atom. The molecule has 202 valence electrons. The second kappa shape index (κ2) is 11.1. The van der Waals surface area contributed by atoms with Crippen LogP contribution in [0.15, 0.2) is 12.2 Å². The van der Waals surface area contributed by atoms with Crippen molar-refractivity contribution in [3.05, 3.63) is 12.2 Å². The molecule has 11 nitrogen and oxygen atoms in total. The number of amides is 1. The Labute approximate surface area is 206 Å². The lowest BCUT2D eigenvalue weighted by atomic mass is 9.72. The molecule has 11 heteroatoms. The molecule has 0 spiro atoms. The summed E-state index contributed by atoms with van der Waals surface area (Å²) in [6.07, 6.45) is -6.03. The van der Waals surface area contributed by atoms with Crippen molar-refractivity contribution in [1.29, 1.82) is 0 Å². The van der Waals surface area contributed by atoms with Crippen LogP contribution in [0.2, 0.25) is 0 Å². The number of carbonyl (C=O) groups excluding carboxylic acids is 1. The molecule has 0 saturated carbocycles. The molecule has 1 amide bonds. The molecule has 0 aromatic heterocycles. The zero-order chi connectivity index (χ0) is 26.1. The molecule has 3 aliphatic heterocycles. The lowest BCUT2D eigenvalue weighted by molar-refractivity contribution is -0.333. The van der Waals surface area contributed by atoms with Gasteiger partial charge in [-0.25, -0.2) is 0 Å². The van der Waals surface area contributed by atoms with Gasteiger partial charge >= 0.3 is 0 Å². The normalized spacial score (nSPS) is 41.1. The lowest BCUT2D eigenvalue weighted by Gasteiger charge is -2.54. The minimum atomic E-state index is -1.67. The van der Waals surface area contributed by atoms with E-state index in [-0.39, 0.29) is 31.7 Å². The van der Waals surface area contributed by atoms with Crippen molar-refractivity contribution in [2.45, 2.75) is 95.3 Å². The fourth-order valence-electron chi connectivity index (χ4n) is 5.26. The number of carbonyl (C=O) groups is 1. The maximum atomic E-state index is 13.2. The molecule has 0 radical (unpaired) electrons. The van der Waals surface area contributed by atoms with Gasteiger partial charge in [0.05, 0.1) is 31.0 Å². The van der Waals surface area contributed by atoms with Crippen LogP contribution in [-0.4, -0.2) is 104 Å². The smallest absolute Gasteiger partial charge is 0.256 e. The number of hydrogen-bond acceptors (Lipinski definition) is 10. The summed E-state index contributed by atoms with van der Waals surface area (Å²) in [7, 11) is 2.93. The van der Waals surface area contributed by atoms with Gasteiger partial charge in [0.2, 0.25) is 5.79 Å². The van der Waals surface area contributed by atoms with E-state index < -0.39 is 66.6 Å². The molecule has 0 aromatic rings. The summed E-state index contributed by atoms with van der Waals surface area (Å²) in [5.74, 6) is -2.30. The van der Waals surface area contributed by atoms with E-state index in [1.807, 2.05) is 27.7 Å². The van der Waals surface area contributed by atoms with Crippen LogP contribution in [-0.2, 0) is 33.2 Å². The Morgan fingerprint density at radius 3 is 2.49 bits per heavy atom. The highest BCUT2D eigenvalue weighted by atomic mass is 16.7. The highest BCUT2D eigenvalue weighted by Gasteiger charge is 2.57. The summed E-state index contributed by atoms with van der Waals surface area (Å²) in [4.78, 5) is 13.2. The molecule has 0 aromatic carbocycles. The molecule has 3 heterocycles. The summed E-state index contributed by atoms with van der Waals surface area (Å²) < 4.78 is 35.0. The monoisotopic (exact) mass is 503 g/mol. The maximum Gasteiger partial charge on any atom is 0.256 e. The molecule has 3 aliphatic rings. The van der Waals surface area contributed by atoms with Crippen LogP contribution in [0.4, 0.5) is 0 Å². The topological polar surface area (TPSA) is 145 Å². The third kappa shape index (κ3) is 5.43. The van der Waals surface area contributed by atoms with Crippen LogP contribution in [0.25, 0.3) is 0 Å². The average Bonchev–Trinajstić information content (AvgIpc) is 2.82. The van der Waals surface area contributed by atoms with E-state index in [2.05, 4.69) is 11.9 Å². The SMILES string of the molecule is C=C1C[C@](OC)([C@H](O)C(=O)N[C@H]2OCO[C@H]3[C@@H]2OC(C[C@H](O)CO)C(C)(C)[C@@H]3OC)O[C@H](C)[C@@H]1C. The average molecular weight is 504 g/mol. The Bertz CT molecular complexity index is 763. The molecule has 3 fully saturated rings. The predicted octanol–water partition coefficient (Wildman–Crippen LogP) is 0.0582. The van der Waals surface area contributed by atoms with E-state index in [1.54, 1.807) is 7.11 Å². The summed E-state index contributed by atoms with van der Waals surface area (Å²) in [5, 5.41) is 33.1. The van der Waals surface area contributed by atoms with Gasteiger partial charge in [0.15, 0.2) is 12.3 Å². The van der Waals surface area contributed by atoms with Crippen molar-refractivity contribution in [1.82, 2.24) is 5.32 Å². The Balaban J connectivity index is 1.79. The van der Waals surface area contributed by atoms with E-state index in [9.17, 15) is 20.1 Å². The minimum absolute atomic E-state index is 0.0456. The van der Waals surface area contributed by atoms with Gasteiger partial charge in [-0.3, -0.25) is 4.79 Å². The van der Waals surface area contributed by atoms with Crippen LogP contribution in [0.3, 0.4) is 0 Å². The standard InChI is InChI=1S/C24H41NO10/c1-12-9-24(31-7,35-14(3)13(12)2)19(28)21(29)25-22-18-17(32-11-33-22)20(30-6)23(4,5)16(34-18)8-15(27)10-26/h13-20,22,26-28H,1,8-11H2,2-7H3,(H,25,29)/t13-,14-,15+,16?,17+,18+,19-,20-,22+,24-/m1/s1. The molecule has 3 saturated heterocycles. The quantitative estimate of drug-likeness (QED) is 0.336. The predicted molar refractivity (Wildman–Crippen MR) is 123 cm³/mol. The first-order valence-electron chi connectivity index (χ1n) is 12.0. The fraction of sp³-hybridized carbons (Fsp3) is 0.875. The molecule has 4 N–H and O–H groups in total. The largest absolute Gasteiger partial charge is 0.394 e. The first kappa shape index (κ1) is 28.4. The first-order valence-corrected chi connectivity index (χ1v) is 12.0. The second-order valence-corrected chi connectivity index (χ2v) is 10.3. The summed E-state index contributed by atoms with van der Waals surface area (Å²) in [5.41, 5.74) is 0.228. The van der Waals surface area contributed by atoms with Crippen molar-refractivity contribution in [2.24, 2.45) is 11.3 Å². The second-order valence-electron chi connectivity index (χ2n) is 10.3. The third-order valence-corrected chi connectivity index (χ3v) is 7.77. The highest BCUT2D eigenvalue weighted by Crippen LogP contribution is 2.44. The van der Waals surface area contributed by atoms with E-state index in [4.69, 9.17) is 28.4 Å². The van der Waals surface area contributed by atoms with Gasteiger partial charge in [-0.2, -0.15) is 0 Å². The first-order chi connectivity index (χ1) is 16.4. The van der Waals surface area contributed by atoms with Gasteiger partial charge in [0.25, 0.3) is 5.91 Å². The van der Waals surface area contributed by atoms with Crippen LogP contribution < -0.4 is 5.32 Å². The zero-order valence-corrected chi connectivity index (χ0v) is 21.4. The number of aliphatic hydroxyl groups is 3. The number of nitrogens with one attached hydrogen (secondary N) is 1. The van der Waals surface area contributed by atoms with Gasteiger partial charge in [0.1, 0.15) is 19.0 Å². The molecule has 10 atom stereocenters. The van der Waals surface area contributed by atoms with Crippen molar-refractivity contribution >= 4 is 5.91 Å². The van der Waals surface area contributed by atoms with Gasteiger partial charge < -0.3 is 49.1 Å². The summed E-state index contributed by atoms with van der Waals surface area (Å²) in [6.45, 7) is 11.2. The van der Waals surface area contributed by atoms with Gasteiger partial charge in [-0.1, -0.05) is 32.9 Å². The summed E-state index contributed by atoms with van der Waals surface area (Å²) >= 11 is 0.